The van der Waals surface area contributed by atoms with Gasteiger partial charge in [0.25, 0.3) is 5.91 Å². The molecular weight excluding hydrogens is 753 g/mol. The van der Waals surface area contributed by atoms with Crippen molar-refractivity contribution in [2.45, 2.75) is 76.0 Å². The summed E-state index contributed by atoms with van der Waals surface area (Å²) < 4.78 is 8.47. The lowest BCUT2D eigenvalue weighted by Gasteiger charge is -2.39. The molecule has 3 saturated heterocycles. The van der Waals surface area contributed by atoms with Crippen molar-refractivity contribution in [3.8, 4) is 11.8 Å². The highest BCUT2D eigenvalue weighted by molar-refractivity contribution is 6.31. The van der Waals surface area contributed by atoms with Crippen LogP contribution in [-0.2, 0) is 4.79 Å². The van der Waals surface area contributed by atoms with Crippen LogP contribution in [0.2, 0.25) is 5.02 Å². The Balaban J connectivity index is 0.00000480. The van der Waals surface area contributed by atoms with E-state index in [0.29, 0.717) is 47.0 Å². The summed E-state index contributed by atoms with van der Waals surface area (Å²) in [4.78, 5) is 43.9. The third-order valence-electron chi connectivity index (χ3n) is 11.7. The van der Waals surface area contributed by atoms with Gasteiger partial charge in [-0.3, -0.25) is 19.8 Å². The summed E-state index contributed by atoms with van der Waals surface area (Å²) in [5.41, 5.74) is 2.71. The molecule has 4 aromatic rings. The molecule has 2 aromatic heterocycles. The molecule has 294 valence electrons. The smallest absolute Gasteiger partial charge is 0.328 e. The Morgan fingerprint density at radius 2 is 1.79 bits per heavy atom. The number of aromatic nitrogens is 3. The third kappa shape index (κ3) is 8.73. The molecule has 0 unspecified atom stereocenters. The van der Waals surface area contributed by atoms with Crippen LogP contribution in [0.5, 0.6) is 5.75 Å². The number of imide groups is 1. The zero-order valence-electron chi connectivity index (χ0n) is 31.2. The first kappa shape index (κ1) is 39.3. The van der Waals surface area contributed by atoms with Crippen LogP contribution in [0.25, 0.3) is 10.9 Å². The molecule has 0 spiro atoms. The van der Waals surface area contributed by atoms with E-state index < -0.39 is 0 Å². The summed E-state index contributed by atoms with van der Waals surface area (Å²) in [5.74, 6) is 1.62. The van der Waals surface area contributed by atoms with Crippen molar-refractivity contribution in [1.82, 2.24) is 30.3 Å². The van der Waals surface area contributed by atoms with Gasteiger partial charge in [-0.1, -0.05) is 17.7 Å². The third-order valence-corrected chi connectivity index (χ3v) is 12.0. The standard InChI is InChI=1S/C41H46ClN9O4.ClH/c42-34-23-32(9-6-28(34)24-43)55-31-10-7-29(8-11-31)44-40(53)35-12-13-38(47-46-35)49-19-14-27(15-20-49)25-48-18-2-3-30(26-48)50-21-16-33-36(50)4-1-5-37(33)51-22-17-39(52)45-41(51)54;/h1,4-6,9,12-13,16,21,23,27,29-31H,2-3,7-8,10-11,14-15,17-20,22,25-26H2,(H,44,53)(H,45,52,54);1H/t29-,30-,31-;/m1./s1. The minimum absolute atomic E-state index is 0. The lowest BCUT2D eigenvalue weighted by atomic mass is 9.92. The van der Waals surface area contributed by atoms with Gasteiger partial charge >= 0.3 is 6.03 Å². The van der Waals surface area contributed by atoms with Gasteiger partial charge < -0.3 is 24.4 Å². The molecule has 1 aliphatic carbocycles. The minimum Gasteiger partial charge on any atom is -0.490 e. The number of nitrogens with one attached hydrogen (secondary N) is 2. The highest BCUT2D eigenvalue weighted by Gasteiger charge is 2.30. The summed E-state index contributed by atoms with van der Waals surface area (Å²) in [6.45, 7) is 5.36. The number of hydrogen-bond acceptors (Lipinski definition) is 9. The zero-order valence-corrected chi connectivity index (χ0v) is 32.8. The van der Waals surface area contributed by atoms with Crippen molar-refractivity contribution < 1.29 is 19.1 Å². The molecular formula is C41H47Cl2N9O4. The number of likely N-dealkylation sites (tertiary alicyclic amines) is 1. The van der Waals surface area contributed by atoms with E-state index in [2.05, 4.69) is 59.6 Å². The highest BCUT2D eigenvalue weighted by atomic mass is 35.5. The molecule has 1 saturated carbocycles. The lowest BCUT2D eigenvalue weighted by molar-refractivity contribution is -0.120. The first-order valence-corrected chi connectivity index (χ1v) is 19.9. The van der Waals surface area contributed by atoms with Crippen LogP contribution in [0.3, 0.4) is 0 Å². The second-order valence-electron chi connectivity index (χ2n) is 15.3. The number of carbonyl (C=O) groups excluding carboxylic acids is 3. The topological polar surface area (TPSA) is 149 Å². The molecule has 2 N–H and O–H groups in total. The molecule has 5 heterocycles. The number of carbonyl (C=O) groups is 3. The molecule has 0 radical (unpaired) electrons. The molecule has 1 atom stereocenters. The van der Waals surface area contributed by atoms with Crippen LogP contribution in [0.15, 0.2) is 60.8 Å². The molecule has 56 heavy (non-hydrogen) atoms. The maximum absolute atomic E-state index is 13.0. The van der Waals surface area contributed by atoms with Gasteiger partial charge in [0.15, 0.2) is 11.5 Å². The number of ether oxygens (including phenoxy) is 1. The Morgan fingerprint density at radius 1 is 0.964 bits per heavy atom. The average molecular weight is 801 g/mol. The van der Waals surface area contributed by atoms with Gasteiger partial charge in [0, 0.05) is 68.9 Å². The summed E-state index contributed by atoms with van der Waals surface area (Å²) in [7, 11) is 0. The van der Waals surface area contributed by atoms with Crippen molar-refractivity contribution in [2.24, 2.45) is 5.92 Å². The fourth-order valence-corrected chi connectivity index (χ4v) is 8.92. The van der Waals surface area contributed by atoms with Crippen molar-refractivity contribution in [1.29, 1.82) is 5.26 Å². The summed E-state index contributed by atoms with van der Waals surface area (Å²) in [6.07, 6.45) is 10.1. The van der Waals surface area contributed by atoms with Gasteiger partial charge in [0.05, 0.1) is 27.9 Å². The van der Waals surface area contributed by atoms with Crippen LogP contribution in [0.1, 0.15) is 79.9 Å². The minimum atomic E-state index is -0.357. The van der Waals surface area contributed by atoms with E-state index in [1.807, 2.05) is 18.2 Å². The monoisotopic (exact) mass is 799 g/mol. The second-order valence-corrected chi connectivity index (χ2v) is 15.7. The van der Waals surface area contributed by atoms with Crippen LogP contribution >= 0.6 is 24.0 Å². The molecule has 15 heteroatoms. The van der Waals surface area contributed by atoms with Gasteiger partial charge in [-0.15, -0.1) is 22.6 Å². The quantitative estimate of drug-likeness (QED) is 0.194. The van der Waals surface area contributed by atoms with E-state index in [4.69, 9.17) is 21.6 Å². The van der Waals surface area contributed by atoms with E-state index in [-0.39, 0.29) is 42.4 Å². The van der Waals surface area contributed by atoms with E-state index in [1.165, 1.54) is 0 Å². The van der Waals surface area contributed by atoms with E-state index in [1.54, 1.807) is 29.2 Å². The zero-order chi connectivity index (χ0) is 37.9. The maximum Gasteiger partial charge on any atom is 0.328 e. The van der Waals surface area contributed by atoms with Crippen LogP contribution in [0, 0.1) is 17.2 Å². The van der Waals surface area contributed by atoms with E-state index in [0.717, 1.165) is 106 Å². The van der Waals surface area contributed by atoms with Crippen molar-refractivity contribution >= 4 is 64.3 Å². The largest absolute Gasteiger partial charge is 0.490 e. The van der Waals surface area contributed by atoms with Crippen molar-refractivity contribution in [3.63, 3.8) is 0 Å². The summed E-state index contributed by atoms with van der Waals surface area (Å²) >= 11 is 6.15. The van der Waals surface area contributed by atoms with Gasteiger partial charge in [0.2, 0.25) is 5.91 Å². The number of piperidine rings is 2. The number of nitriles is 1. The summed E-state index contributed by atoms with van der Waals surface area (Å²) in [6, 6.07) is 19.1. The number of rotatable bonds is 9. The number of fused-ring (bicyclic) bond motifs is 1. The SMILES string of the molecule is Cl.N#Cc1ccc(O[C@H]2CC[C@H](NC(=O)c3ccc(N4CCC(CN5CCC[C@@H](n6ccc7c(N8CCC(=O)NC8=O)cccc76)C5)CC4)nn3)CC2)cc1Cl. The summed E-state index contributed by atoms with van der Waals surface area (Å²) in [5, 5.41) is 24.8. The molecule has 4 amide bonds. The molecule has 3 aliphatic heterocycles. The molecule has 13 nitrogen and oxygen atoms in total. The molecule has 2 aromatic carbocycles. The molecule has 0 bridgehead atoms. The molecule has 4 aliphatic rings. The Labute approximate surface area is 337 Å². The van der Waals surface area contributed by atoms with Crippen LogP contribution < -0.4 is 25.2 Å². The second kappa shape index (κ2) is 17.5. The van der Waals surface area contributed by atoms with Crippen LogP contribution in [0.4, 0.5) is 16.3 Å². The number of nitrogens with zero attached hydrogens (tertiary/aromatic N) is 7. The van der Waals surface area contributed by atoms with Gasteiger partial charge in [-0.2, -0.15) is 5.26 Å². The van der Waals surface area contributed by atoms with Gasteiger partial charge in [-0.25, -0.2) is 4.79 Å². The fraction of sp³-hybridized carbons (Fsp3) is 0.463. The Hall–Kier alpha value is -4.90. The van der Waals surface area contributed by atoms with Crippen molar-refractivity contribution in [2.75, 3.05) is 49.1 Å². The molecule has 4 fully saturated rings. The first-order chi connectivity index (χ1) is 26.8. The fourth-order valence-electron chi connectivity index (χ4n) is 8.71. The number of anilines is 2. The van der Waals surface area contributed by atoms with E-state index >= 15 is 0 Å². The Kier molecular flexibility index (Phi) is 12.3. The molecule has 8 rings (SSSR count). The normalized spacial score (nSPS) is 22.2. The Bertz CT molecular complexity index is 2090. The van der Waals surface area contributed by atoms with Gasteiger partial charge in [-0.05, 0) is 106 Å². The predicted octanol–water partition coefficient (Wildman–Crippen LogP) is 6.50. The van der Waals surface area contributed by atoms with Gasteiger partial charge in [0.1, 0.15) is 11.8 Å². The van der Waals surface area contributed by atoms with Crippen LogP contribution in [-0.4, -0.2) is 88.9 Å². The number of hydrogen-bond donors (Lipinski definition) is 2. The van der Waals surface area contributed by atoms with Crippen molar-refractivity contribution in [3.05, 3.63) is 77.1 Å². The highest BCUT2D eigenvalue weighted by Crippen LogP contribution is 2.34. The Morgan fingerprint density at radius 3 is 2.52 bits per heavy atom. The number of amides is 4. The first-order valence-electron chi connectivity index (χ1n) is 19.5. The maximum atomic E-state index is 13.0. The lowest BCUT2D eigenvalue weighted by Crippen LogP contribution is -2.49. The average Bonchev–Trinajstić information content (AvgIpc) is 3.64. The van der Waals surface area contributed by atoms with E-state index in [9.17, 15) is 14.4 Å². The number of halogens is 2. The predicted molar refractivity (Wildman–Crippen MR) is 217 cm³/mol. The number of urea groups is 1. The number of benzene rings is 2.